The number of benzene rings is 1. The lowest BCUT2D eigenvalue weighted by Gasteiger charge is -2.26. The van der Waals surface area contributed by atoms with Gasteiger partial charge in [-0.15, -0.1) is 12.8 Å². The third-order valence-electron chi connectivity index (χ3n) is 3.19. The molecule has 17 heavy (non-hydrogen) atoms. The Labute approximate surface area is 105 Å². The molecule has 1 aliphatic heterocycles. The standard InChI is InChI=1S/C14H19N.C2H2/c1-12-11-15-10-9-14(12)8-7-13-5-3-2-4-6-13;1-2/h2-8,12,14-15H,9-11H2,1H3;1-2H/b8-7-;/t12-,14+;/m0./s1. The van der Waals surface area contributed by atoms with E-state index in [1.807, 2.05) is 0 Å². The number of allylic oxidation sites excluding steroid dienone is 1. The number of nitrogens with one attached hydrogen (secondary N) is 1. The van der Waals surface area contributed by atoms with E-state index in [0.717, 1.165) is 24.9 Å². The van der Waals surface area contributed by atoms with Crippen molar-refractivity contribution in [3.63, 3.8) is 0 Å². The number of hydrogen-bond acceptors (Lipinski definition) is 1. The van der Waals surface area contributed by atoms with Crippen LogP contribution in [0, 0.1) is 24.7 Å². The molecule has 2 rings (SSSR count). The Morgan fingerprint density at radius 1 is 1.24 bits per heavy atom. The largest absolute Gasteiger partial charge is 0.316 e. The zero-order chi connectivity index (χ0) is 12.5. The molecule has 1 nitrogen and oxygen atoms in total. The average Bonchev–Trinajstić information content (AvgIpc) is 2.41. The molecular weight excluding hydrogens is 206 g/mol. The quantitative estimate of drug-likeness (QED) is 0.765. The van der Waals surface area contributed by atoms with E-state index in [0.29, 0.717) is 0 Å². The van der Waals surface area contributed by atoms with Gasteiger partial charge in [-0.25, -0.2) is 0 Å². The van der Waals surface area contributed by atoms with Gasteiger partial charge in [0, 0.05) is 0 Å². The van der Waals surface area contributed by atoms with E-state index < -0.39 is 0 Å². The molecule has 0 amide bonds. The zero-order valence-corrected chi connectivity index (χ0v) is 10.5. The first kappa shape index (κ1) is 13.5. The Kier molecular flexibility index (Phi) is 6.14. The summed E-state index contributed by atoms with van der Waals surface area (Å²) < 4.78 is 0. The van der Waals surface area contributed by atoms with Crippen molar-refractivity contribution in [2.75, 3.05) is 13.1 Å². The Hall–Kier alpha value is -1.52. The Balaban J connectivity index is 0.000000686. The van der Waals surface area contributed by atoms with Crippen LogP contribution in [0.4, 0.5) is 0 Å². The van der Waals surface area contributed by atoms with Crippen molar-refractivity contribution in [2.24, 2.45) is 11.8 Å². The number of terminal acetylenes is 1. The molecule has 0 unspecified atom stereocenters. The minimum atomic E-state index is 0.742. The van der Waals surface area contributed by atoms with Crippen molar-refractivity contribution in [2.45, 2.75) is 13.3 Å². The van der Waals surface area contributed by atoms with Crippen LogP contribution in [0.25, 0.3) is 6.08 Å². The summed E-state index contributed by atoms with van der Waals surface area (Å²) in [5.74, 6) is 1.50. The van der Waals surface area contributed by atoms with E-state index in [-0.39, 0.29) is 0 Å². The average molecular weight is 227 g/mol. The van der Waals surface area contributed by atoms with Crippen molar-refractivity contribution in [1.29, 1.82) is 0 Å². The van der Waals surface area contributed by atoms with Gasteiger partial charge in [-0.05, 0) is 36.9 Å². The summed E-state index contributed by atoms with van der Waals surface area (Å²) in [6, 6.07) is 10.5. The maximum atomic E-state index is 4.00. The van der Waals surface area contributed by atoms with Crippen LogP contribution in [0.5, 0.6) is 0 Å². The van der Waals surface area contributed by atoms with Gasteiger partial charge < -0.3 is 5.32 Å². The summed E-state index contributed by atoms with van der Waals surface area (Å²) in [4.78, 5) is 0. The molecule has 0 bridgehead atoms. The molecule has 1 aliphatic rings. The minimum absolute atomic E-state index is 0.742. The second kappa shape index (κ2) is 7.70. The second-order valence-electron chi connectivity index (χ2n) is 4.40. The van der Waals surface area contributed by atoms with E-state index >= 15 is 0 Å². The smallest absolute Gasteiger partial charge is 0.00175 e. The fourth-order valence-electron chi connectivity index (χ4n) is 2.12. The van der Waals surface area contributed by atoms with E-state index in [4.69, 9.17) is 0 Å². The lowest BCUT2D eigenvalue weighted by atomic mass is 9.87. The highest BCUT2D eigenvalue weighted by molar-refractivity contribution is 5.49. The first-order valence-corrected chi connectivity index (χ1v) is 6.13. The van der Waals surface area contributed by atoms with Crippen LogP contribution in [0.15, 0.2) is 36.4 Å². The third kappa shape index (κ3) is 4.46. The van der Waals surface area contributed by atoms with Gasteiger partial charge in [-0.3, -0.25) is 0 Å². The highest BCUT2D eigenvalue weighted by Gasteiger charge is 2.17. The molecule has 1 saturated heterocycles. The molecule has 1 N–H and O–H groups in total. The molecule has 1 fully saturated rings. The van der Waals surface area contributed by atoms with Crippen LogP contribution in [0.2, 0.25) is 0 Å². The van der Waals surface area contributed by atoms with Crippen LogP contribution < -0.4 is 5.32 Å². The molecule has 1 aromatic carbocycles. The molecule has 90 valence electrons. The van der Waals surface area contributed by atoms with Crippen LogP contribution in [0.1, 0.15) is 18.9 Å². The molecular formula is C16H21N. The summed E-state index contributed by atoms with van der Waals surface area (Å²) in [6.07, 6.45) is 13.9. The third-order valence-corrected chi connectivity index (χ3v) is 3.19. The van der Waals surface area contributed by atoms with Crippen LogP contribution >= 0.6 is 0 Å². The van der Waals surface area contributed by atoms with Crippen LogP contribution in [-0.2, 0) is 0 Å². The number of piperidine rings is 1. The fourth-order valence-corrected chi connectivity index (χ4v) is 2.12. The van der Waals surface area contributed by atoms with Gasteiger partial charge in [0.25, 0.3) is 0 Å². The highest BCUT2D eigenvalue weighted by atomic mass is 14.9. The maximum absolute atomic E-state index is 4.00. The summed E-state index contributed by atoms with van der Waals surface area (Å²) in [5, 5.41) is 3.43. The van der Waals surface area contributed by atoms with Gasteiger partial charge in [-0.1, -0.05) is 49.4 Å². The highest BCUT2D eigenvalue weighted by Crippen LogP contribution is 2.20. The van der Waals surface area contributed by atoms with E-state index in [1.54, 1.807) is 0 Å². The molecule has 1 heteroatoms. The van der Waals surface area contributed by atoms with E-state index in [1.165, 1.54) is 12.0 Å². The number of hydrogen-bond donors (Lipinski definition) is 1. The van der Waals surface area contributed by atoms with Crippen molar-refractivity contribution >= 4 is 6.08 Å². The van der Waals surface area contributed by atoms with E-state index in [2.05, 4.69) is 67.6 Å². The summed E-state index contributed by atoms with van der Waals surface area (Å²) >= 11 is 0. The summed E-state index contributed by atoms with van der Waals surface area (Å²) in [6.45, 7) is 4.64. The molecule has 0 saturated carbocycles. The lowest BCUT2D eigenvalue weighted by molar-refractivity contribution is 0.326. The molecule has 0 aliphatic carbocycles. The van der Waals surface area contributed by atoms with Gasteiger partial charge in [0.2, 0.25) is 0 Å². The monoisotopic (exact) mass is 227 g/mol. The zero-order valence-electron chi connectivity index (χ0n) is 10.5. The van der Waals surface area contributed by atoms with Crippen molar-refractivity contribution < 1.29 is 0 Å². The predicted molar refractivity (Wildman–Crippen MR) is 75.5 cm³/mol. The predicted octanol–water partition coefficient (Wildman–Crippen LogP) is 3.19. The normalized spacial score (nSPS) is 23.9. The number of rotatable bonds is 2. The van der Waals surface area contributed by atoms with Crippen molar-refractivity contribution in [3.05, 3.63) is 42.0 Å². The van der Waals surface area contributed by atoms with Gasteiger partial charge in [0.1, 0.15) is 0 Å². The molecule has 0 aromatic heterocycles. The first-order valence-electron chi connectivity index (χ1n) is 6.13. The van der Waals surface area contributed by atoms with Gasteiger partial charge in [-0.2, -0.15) is 0 Å². The Bertz CT molecular complexity index is 350. The SMILES string of the molecule is C#C.C[C@H]1CNCC[C@H]1/C=C\c1ccccc1. The topological polar surface area (TPSA) is 12.0 Å². The van der Waals surface area contributed by atoms with Crippen LogP contribution in [-0.4, -0.2) is 13.1 Å². The Morgan fingerprint density at radius 3 is 2.59 bits per heavy atom. The van der Waals surface area contributed by atoms with Gasteiger partial charge in [0.05, 0.1) is 0 Å². The van der Waals surface area contributed by atoms with Gasteiger partial charge in [0.15, 0.2) is 0 Å². The maximum Gasteiger partial charge on any atom is -0.00175 e. The summed E-state index contributed by atoms with van der Waals surface area (Å²) in [7, 11) is 0. The molecule has 1 aromatic rings. The minimum Gasteiger partial charge on any atom is -0.316 e. The van der Waals surface area contributed by atoms with Gasteiger partial charge >= 0.3 is 0 Å². The molecule has 0 spiro atoms. The fraction of sp³-hybridized carbons (Fsp3) is 0.375. The molecule has 2 atom stereocenters. The van der Waals surface area contributed by atoms with Crippen molar-refractivity contribution in [3.8, 4) is 12.8 Å². The lowest BCUT2D eigenvalue weighted by Crippen LogP contribution is -2.34. The van der Waals surface area contributed by atoms with Crippen LogP contribution in [0.3, 0.4) is 0 Å². The van der Waals surface area contributed by atoms with E-state index in [9.17, 15) is 0 Å². The first-order chi connectivity index (χ1) is 8.36. The molecule has 1 heterocycles. The molecule has 0 radical (unpaired) electrons. The van der Waals surface area contributed by atoms with Crippen molar-refractivity contribution in [1.82, 2.24) is 5.32 Å². The summed E-state index contributed by atoms with van der Waals surface area (Å²) in [5.41, 5.74) is 1.31. The Morgan fingerprint density at radius 2 is 1.94 bits per heavy atom. The second-order valence-corrected chi connectivity index (χ2v) is 4.40.